The summed E-state index contributed by atoms with van der Waals surface area (Å²) in [5.74, 6) is 0.625. The Bertz CT molecular complexity index is 659. The van der Waals surface area contributed by atoms with Crippen LogP contribution in [-0.2, 0) is 13.6 Å². The normalized spacial score (nSPS) is 15.6. The average molecular weight is 333 g/mol. The van der Waals surface area contributed by atoms with Gasteiger partial charge in [-0.1, -0.05) is 19.3 Å². The molecule has 0 aromatic carbocycles. The number of hydrogen-bond acceptors (Lipinski definition) is 4. The summed E-state index contributed by atoms with van der Waals surface area (Å²) < 4.78 is 1.73. The zero-order chi connectivity index (χ0) is 16.2. The molecular formula is C16H23N5OS. The lowest BCUT2D eigenvalue weighted by atomic mass is 9.89. The van der Waals surface area contributed by atoms with E-state index in [1.54, 1.807) is 34.2 Å². The second-order valence-electron chi connectivity index (χ2n) is 6.21. The minimum atomic E-state index is -0.140. The van der Waals surface area contributed by atoms with Crippen LogP contribution in [0.15, 0.2) is 18.6 Å². The van der Waals surface area contributed by atoms with Gasteiger partial charge >= 0.3 is 6.03 Å². The molecule has 0 spiro atoms. The Morgan fingerprint density at radius 1 is 1.39 bits per heavy atom. The zero-order valence-corrected chi connectivity index (χ0v) is 14.5. The van der Waals surface area contributed by atoms with Crippen LogP contribution in [-0.4, -0.2) is 32.7 Å². The van der Waals surface area contributed by atoms with Gasteiger partial charge < -0.3 is 4.90 Å². The van der Waals surface area contributed by atoms with E-state index in [4.69, 9.17) is 0 Å². The number of hydrogen-bond donors (Lipinski definition) is 1. The molecule has 0 aliphatic heterocycles. The molecule has 124 valence electrons. The molecule has 1 N–H and O–H groups in total. The maximum absolute atomic E-state index is 12.3. The summed E-state index contributed by atoms with van der Waals surface area (Å²) in [6.45, 7) is 0.528. The van der Waals surface area contributed by atoms with Gasteiger partial charge in [-0.2, -0.15) is 5.10 Å². The smallest absolute Gasteiger partial charge is 0.323 e. The van der Waals surface area contributed by atoms with Crippen molar-refractivity contribution in [3.05, 3.63) is 29.0 Å². The van der Waals surface area contributed by atoms with Crippen LogP contribution in [0, 0.1) is 0 Å². The fraction of sp³-hybridized carbons (Fsp3) is 0.562. The second kappa shape index (κ2) is 7.12. The topological polar surface area (TPSA) is 63.1 Å². The molecule has 2 aromatic heterocycles. The zero-order valence-electron chi connectivity index (χ0n) is 13.7. The summed E-state index contributed by atoms with van der Waals surface area (Å²) >= 11 is 1.61. The van der Waals surface area contributed by atoms with Crippen LogP contribution in [0.3, 0.4) is 0 Å². The van der Waals surface area contributed by atoms with Crippen molar-refractivity contribution in [2.75, 3.05) is 12.4 Å². The van der Waals surface area contributed by atoms with Gasteiger partial charge in [0.25, 0.3) is 0 Å². The van der Waals surface area contributed by atoms with E-state index < -0.39 is 0 Å². The second-order valence-corrected chi connectivity index (χ2v) is 7.27. The number of rotatable bonds is 4. The lowest BCUT2D eigenvalue weighted by Crippen LogP contribution is -2.30. The summed E-state index contributed by atoms with van der Waals surface area (Å²) in [6, 6.07) is -0.140. The van der Waals surface area contributed by atoms with E-state index in [-0.39, 0.29) is 6.03 Å². The number of nitrogens with zero attached hydrogens (tertiary/aromatic N) is 4. The first-order chi connectivity index (χ1) is 11.1. The summed E-state index contributed by atoms with van der Waals surface area (Å²) in [5.41, 5.74) is 1.01. The molecule has 0 atom stereocenters. The molecule has 0 unspecified atom stereocenters. The largest absolute Gasteiger partial charge is 0.323 e. The van der Waals surface area contributed by atoms with E-state index in [0.29, 0.717) is 17.6 Å². The lowest BCUT2D eigenvalue weighted by Gasteiger charge is -2.19. The van der Waals surface area contributed by atoms with Gasteiger partial charge in [0.2, 0.25) is 0 Å². The molecule has 0 saturated heterocycles. The van der Waals surface area contributed by atoms with Crippen LogP contribution in [0.25, 0.3) is 0 Å². The van der Waals surface area contributed by atoms with Crippen LogP contribution in [0.1, 0.15) is 48.5 Å². The predicted octanol–water partition coefficient (Wildman–Crippen LogP) is 3.59. The third-order valence-corrected chi connectivity index (χ3v) is 5.35. The van der Waals surface area contributed by atoms with E-state index >= 15 is 0 Å². The number of anilines is 1. The molecule has 2 aromatic rings. The van der Waals surface area contributed by atoms with Crippen LogP contribution >= 0.6 is 11.3 Å². The van der Waals surface area contributed by atoms with Crippen molar-refractivity contribution in [2.45, 2.75) is 44.6 Å². The Labute approximate surface area is 140 Å². The van der Waals surface area contributed by atoms with Gasteiger partial charge in [0.05, 0.1) is 12.7 Å². The number of thiazole rings is 1. The molecule has 1 fully saturated rings. The first-order valence-electron chi connectivity index (χ1n) is 8.07. The summed E-state index contributed by atoms with van der Waals surface area (Å²) in [4.78, 5) is 19.6. The van der Waals surface area contributed by atoms with Gasteiger partial charge in [-0.15, -0.1) is 11.3 Å². The van der Waals surface area contributed by atoms with Gasteiger partial charge in [-0.05, 0) is 18.8 Å². The predicted molar refractivity (Wildman–Crippen MR) is 91.6 cm³/mol. The maximum atomic E-state index is 12.3. The SMILES string of the molecule is CN(Cc1cnn(C)c1)C(=O)Nc1ncc(C2CCCCC2)s1. The van der Waals surface area contributed by atoms with Gasteiger partial charge in [0, 0.05) is 36.9 Å². The Kier molecular flexibility index (Phi) is 4.95. The molecule has 1 aliphatic rings. The molecule has 1 saturated carbocycles. The highest BCUT2D eigenvalue weighted by molar-refractivity contribution is 7.15. The minimum Gasteiger partial charge on any atom is -0.323 e. The van der Waals surface area contributed by atoms with E-state index in [1.807, 2.05) is 19.4 Å². The molecule has 7 heteroatoms. The Morgan fingerprint density at radius 3 is 2.87 bits per heavy atom. The fourth-order valence-electron chi connectivity index (χ4n) is 3.01. The van der Waals surface area contributed by atoms with Crippen molar-refractivity contribution in [3.8, 4) is 0 Å². The molecule has 2 heterocycles. The molecule has 1 aliphatic carbocycles. The summed E-state index contributed by atoms with van der Waals surface area (Å²) in [7, 11) is 3.64. The molecular weight excluding hydrogens is 310 g/mol. The minimum absolute atomic E-state index is 0.140. The van der Waals surface area contributed by atoms with E-state index in [1.165, 1.54) is 37.0 Å². The number of carbonyl (C=O) groups excluding carboxylic acids is 1. The quantitative estimate of drug-likeness (QED) is 0.930. The first-order valence-corrected chi connectivity index (χ1v) is 8.89. The Balaban J connectivity index is 1.55. The maximum Gasteiger partial charge on any atom is 0.323 e. The van der Waals surface area contributed by atoms with E-state index in [9.17, 15) is 4.79 Å². The molecule has 23 heavy (non-hydrogen) atoms. The lowest BCUT2D eigenvalue weighted by molar-refractivity contribution is 0.220. The van der Waals surface area contributed by atoms with Gasteiger partial charge in [0.15, 0.2) is 5.13 Å². The Morgan fingerprint density at radius 2 is 2.17 bits per heavy atom. The van der Waals surface area contributed by atoms with Crippen LogP contribution in [0.4, 0.5) is 9.93 Å². The molecule has 2 amide bonds. The number of aromatic nitrogens is 3. The van der Waals surface area contributed by atoms with Gasteiger partial charge in [-0.3, -0.25) is 10.00 Å². The van der Waals surface area contributed by atoms with Gasteiger partial charge in [0.1, 0.15) is 0 Å². The van der Waals surface area contributed by atoms with Crippen LogP contribution in [0.2, 0.25) is 0 Å². The third-order valence-electron chi connectivity index (χ3n) is 4.27. The number of carbonyl (C=O) groups is 1. The standard InChI is InChI=1S/C16H23N5OS/c1-20(10-12-8-18-21(2)11-12)16(22)19-15-17-9-14(23-15)13-6-4-3-5-7-13/h8-9,11,13H,3-7,10H2,1-2H3,(H,17,19,22). The van der Waals surface area contributed by atoms with Crippen molar-refractivity contribution in [3.63, 3.8) is 0 Å². The monoisotopic (exact) mass is 333 g/mol. The van der Waals surface area contributed by atoms with Crippen molar-refractivity contribution < 1.29 is 4.79 Å². The van der Waals surface area contributed by atoms with E-state index in [2.05, 4.69) is 15.4 Å². The molecule has 6 nitrogen and oxygen atoms in total. The average Bonchev–Trinajstić information content (AvgIpc) is 3.17. The molecule has 0 bridgehead atoms. The van der Waals surface area contributed by atoms with Crippen LogP contribution in [0.5, 0.6) is 0 Å². The van der Waals surface area contributed by atoms with E-state index in [0.717, 1.165) is 5.56 Å². The Hall–Kier alpha value is -1.89. The van der Waals surface area contributed by atoms with Crippen molar-refractivity contribution in [1.29, 1.82) is 0 Å². The highest BCUT2D eigenvalue weighted by Gasteiger charge is 2.19. The fourth-order valence-corrected chi connectivity index (χ4v) is 3.98. The summed E-state index contributed by atoms with van der Waals surface area (Å²) in [6.07, 6.45) is 12.1. The number of amides is 2. The number of aryl methyl sites for hydroxylation is 1. The molecule has 3 rings (SSSR count). The summed E-state index contributed by atoms with van der Waals surface area (Å²) in [5, 5.41) is 7.70. The molecule has 0 radical (unpaired) electrons. The van der Waals surface area contributed by atoms with Crippen molar-refractivity contribution >= 4 is 22.5 Å². The van der Waals surface area contributed by atoms with Crippen LogP contribution < -0.4 is 5.32 Å². The highest BCUT2D eigenvalue weighted by Crippen LogP contribution is 2.36. The number of nitrogens with one attached hydrogen (secondary N) is 1. The van der Waals surface area contributed by atoms with Crippen molar-refractivity contribution in [1.82, 2.24) is 19.7 Å². The number of urea groups is 1. The highest BCUT2D eigenvalue weighted by atomic mass is 32.1. The van der Waals surface area contributed by atoms with Gasteiger partial charge in [-0.25, -0.2) is 9.78 Å². The van der Waals surface area contributed by atoms with Crippen molar-refractivity contribution in [2.24, 2.45) is 7.05 Å². The third kappa shape index (κ3) is 4.10. The first kappa shape index (κ1) is 16.0.